The summed E-state index contributed by atoms with van der Waals surface area (Å²) >= 11 is 9.78. The first-order chi connectivity index (χ1) is 7.38. The smallest absolute Gasteiger partial charge is 0.211 e. The van der Waals surface area contributed by atoms with Gasteiger partial charge in [-0.05, 0) is 50.4 Å². The average Bonchev–Trinajstić information content (AvgIpc) is 2.12. The summed E-state index contributed by atoms with van der Waals surface area (Å²) < 4.78 is 28.3. The molecule has 16 heavy (non-hydrogen) atoms. The van der Waals surface area contributed by atoms with Crippen LogP contribution in [0.1, 0.15) is 13.3 Å². The summed E-state index contributed by atoms with van der Waals surface area (Å²) in [6, 6.07) is 3.40. The number of nitrogens with one attached hydrogen (secondary N) is 1. The maximum atomic E-state index is 12.0. The van der Waals surface area contributed by atoms with E-state index in [9.17, 15) is 8.42 Å². The Hall–Kier alpha value is 0.570. The minimum absolute atomic E-state index is 0.226. The largest absolute Gasteiger partial charge is 0.242 e. The van der Waals surface area contributed by atoms with Crippen molar-refractivity contribution in [3.63, 3.8) is 0 Å². The van der Waals surface area contributed by atoms with E-state index in [1.807, 2.05) is 6.92 Å². The molecule has 0 radical (unpaired) electrons. The highest BCUT2D eigenvalue weighted by atomic mass is 79.9. The average molecular weight is 436 g/mol. The van der Waals surface area contributed by atoms with Gasteiger partial charge < -0.3 is 0 Å². The lowest BCUT2D eigenvalue weighted by Crippen LogP contribution is -2.25. The van der Waals surface area contributed by atoms with Crippen LogP contribution >= 0.6 is 47.8 Å². The molecular formula is C9H10Br3NO2S. The Bertz CT molecular complexity index is 465. The van der Waals surface area contributed by atoms with E-state index in [2.05, 4.69) is 52.5 Å². The van der Waals surface area contributed by atoms with Gasteiger partial charge in [-0.15, -0.1) is 0 Å². The fraction of sp³-hybridized carbons (Fsp3) is 0.333. The maximum Gasteiger partial charge on any atom is 0.242 e. The summed E-state index contributed by atoms with van der Waals surface area (Å²) in [5, 5.41) is 0. The van der Waals surface area contributed by atoms with Crippen molar-refractivity contribution in [3.05, 3.63) is 25.6 Å². The van der Waals surface area contributed by atoms with Gasteiger partial charge >= 0.3 is 0 Å². The molecule has 0 aliphatic carbocycles. The van der Waals surface area contributed by atoms with Crippen LogP contribution in [0.25, 0.3) is 0 Å². The molecule has 1 rings (SSSR count). The van der Waals surface area contributed by atoms with Crippen LogP contribution in [-0.4, -0.2) is 15.0 Å². The summed E-state index contributed by atoms with van der Waals surface area (Å²) in [5.41, 5.74) is 0. The predicted molar refractivity (Wildman–Crippen MR) is 75.0 cm³/mol. The van der Waals surface area contributed by atoms with E-state index < -0.39 is 10.0 Å². The Balaban J connectivity index is 3.23. The zero-order valence-corrected chi connectivity index (χ0v) is 14.0. The Morgan fingerprint density at radius 2 is 1.69 bits per heavy atom. The molecule has 0 aliphatic rings. The fourth-order valence-corrected chi connectivity index (χ4v) is 5.88. The van der Waals surface area contributed by atoms with Crippen molar-refractivity contribution in [2.24, 2.45) is 0 Å². The van der Waals surface area contributed by atoms with E-state index >= 15 is 0 Å². The second-order valence-electron chi connectivity index (χ2n) is 3.10. The fourth-order valence-electron chi connectivity index (χ4n) is 1.09. The van der Waals surface area contributed by atoms with E-state index in [0.29, 0.717) is 15.5 Å². The van der Waals surface area contributed by atoms with Crippen molar-refractivity contribution in [3.8, 4) is 0 Å². The third kappa shape index (κ3) is 3.53. The zero-order valence-electron chi connectivity index (χ0n) is 8.43. The van der Waals surface area contributed by atoms with Gasteiger partial charge in [-0.3, -0.25) is 0 Å². The van der Waals surface area contributed by atoms with Crippen LogP contribution in [0.15, 0.2) is 30.4 Å². The molecule has 0 saturated carbocycles. The van der Waals surface area contributed by atoms with E-state index in [1.165, 1.54) is 0 Å². The molecule has 1 aromatic carbocycles. The molecule has 1 N–H and O–H groups in total. The van der Waals surface area contributed by atoms with Gasteiger partial charge in [-0.25, -0.2) is 13.1 Å². The first kappa shape index (κ1) is 14.6. The number of sulfonamides is 1. The van der Waals surface area contributed by atoms with Crippen LogP contribution in [0.2, 0.25) is 0 Å². The first-order valence-electron chi connectivity index (χ1n) is 4.52. The lowest BCUT2D eigenvalue weighted by atomic mass is 10.4. The van der Waals surface area contributed by atoms with Crippen LogP contribution < -0.4 is 4.72 Å². The lowest BCUT2D eigenvalue weighted by Gasteiger charge is -2.10. The second kappa shape index (κ2) is 5.95. The molecule has 1 aromatic rings. The molecule has 0 bridgehead atoms. The van der Waals surface area contributed by atoms with Gasteiger partial charge in [0.25, 0.3) is 0 Å². The summed E-state index contributed by atoms with van der Waals surface area (Å²) in [6.45, 7) is 2.34. The SMILES string of the molecule is CCCNS(=O)(=O)c1c(Br)cc(Br)cc1Br. The molecule has 0 heterocycles. The summed E-state index contributed by atoms with van der Waals surface area (Å²) in [5.74, 6) is 0. The summed E-state index contributed by atoms with van der Waals surface area (Å²) in [6.07, 6.45) is 0.755. The molecule has 7 heteroatoms. The van der Waals surface area contributed by atoms with Crippen molar-refractivity contribution < 1.29 is 8.42 Å². The van der Waals surface area contributed by atoms with Crippen LogP contribution in [0.4, 0.5) is 0 Å². The highest BCUT2D eigenvalue weighted by Gasteiger charge is 2.20. The number of hydrogen-bond acceptors (Lipinski definition) is 2. The minimum atomic E-state index is -3.47. The summed E-state index contributed by atoms with van der Waals surface area (Å²) in [4.78, 5) is 0.226. The maximum absolute atomic E-state index is 12.0. The van der Waals surface area contributed by atoms with Crippen molar-refractivity contribution >= 4 is 57.8 Å². The van der Waals surface area contributed by atoms with Gasteiger partial charge in [-0.2, -0.15) is 0 Å². The quantitative estimate of drug-likeness (QED) is 0.784. The van der Waals surface area contributed by atoms with Crippen LogP contribution in [0, 0.1) is 0 Å². The molecule has 3 nitrogen and oxygen atoms in total. The van der Waals surface area contributed by atoms with Crippen molar-refractivity contribution in [2.75, 3.05) is 6.54 Å². The van der Waals surface area contributed by atoms with Crippen LogP contribution in [-0.2, 0) is 10.0 Å². The minimum Gasteiger partial charge on any atom is -0.211 e. The number of halogens is 3. The van der Waals surface area contributed by atoms with Gasteiger partial charge in [-0.1, -0.05) is 22.9 Å². The Morgan fingerprint density at radius 3 is 2.12 bits per heavy atom. The first-order valence-corrected chi connectivity index (χ1v) is 8.39. The van der Waals surface area contributed by atoms with Crippen LogP contribution in [0.5, 0.6) is 0 Å². The third-order valence-electron chi connectivity index (χ3n) is 1.77. The van der Waals surface area contributed by atoms with E-state index in [0.717, 1.165) is 10.9 Å². The van der Waals surface area contributed by atoms with Gasteiger partial charge in [0.2, 0.25) is 10.0 Å². The lowest BCUT2D eigenvalue weighted by molar-refractivity contribution is 0.580. The number of hydrogen-bond donors (Lipinski definition) is 1. The molecule has 0 spiro atoms. The Labute approximate surface area is 120 Å². The Morgan fingerprint density at radius 1 is 1.19 bits per heavy atom. The molecule has 0 unspecified atom stereocenters. The molecule has 0 aliphatic heterocycles. The topological polar surface area (TPSA) is 46.2 Å². The van der Waals surface area contributed by atoms with Gasteiger partial charge in [0.15, 0.2) is 0 Å². The highest BCUT2D eigenvalue weighted by molar-refractivity contribution is 9.11. The van der Waals surface area contributed by atoms with E-state index in [1.54, 1.807) is 12.1 Å². The third-order valence-corrected chi connectivity index (χ3v) is 5.57. The van der Waals surface area contributed by atoms with Gasteiger partial charge in [0, 0.05) is 20.0 Å². The molecule has 90 valence electrons. The molecule has 0 fully saturated rings. The molecule has 0 amide bonds. The van der Waals surface area contributed by atoms with Gasteiger partial charge in [0.05, 0.1) is 0 Å². The highest BCUT2D eigenvalue weighted by Crippen LogP contribution is 2.33. The monoisotopic (exact) mass is 433 g/mol. The standard InChI is InChI=1S/C9H10Br3NO2S/c1-2-3-13-16(14,15)9-7(11)4-6(10)5-8(9)12/h4-5,13H,2-3H2,1H3. The molecule has 0 atom stereocenters. The molecule has 0 saturated heterocycles. The number of benzene rings is 1. The van der Waals surface area contributed by atoms with Crippen molar-refractivity contribution in [1.82, 2.24) is 4.72 Å². The van der Waals surface area contributed by atoms with Crippen molar-refractivity contribution in [2.45, 2.75) is 18.2 Å². The molecule has 0 aromatic heterocycles. The summed E-state index contributed by atoms with van der Waals surface area (Å²) in [7, 11) is -3.47. The Kier molecular flexibility index (Phi) is 5.44. The zero-order chi connectivity index (χ0) is 12.3. The predicted octanol–water partition coefficient (Wildman–Crippen LogP) is 3.66. The molecular weight excluding hydrogens is 426 g/mol. The van der Waals surface area contributed by atoms with Gasteiger partial charge in [0.1, 0.15) is 4.90 Å². The van der Waals surface area contributed by atoms with Crippen LogP contribution in [0.3, 0.4) is 0 Å². The van der Waals surface area contributed by atoms with Crippen molar-refractivity contribution in [1.29, 1.82) is 0 Å². The van der Waals surface area contributed by atoms with E-state index in [-0.39, 0.29) is 4.90 Å². The number of rotatable bonds is 4. The second-order valence-corrected chi connectivity index (χ2v) is 7.42. The van der Waals surface area contributed by atoms with E-state index in [4.69, 9.17) is 0 Å². The normalized spacial score (nSPS) is 11.8.